The molecular weight excluding hydrogens is 250 g/mol. The van der Waals surface area contributed by atoms with Crippen LogP contribution in [0.1, 0.15) is 45.6 Å². The average molecular weight is 277 g/mol. The molecule has 20 heavy (non-hydrogen) atoms. The molecule has 3 nitrogen and oxygen atoms in total. The smallest absolute Gasteiger partial charge is 0.165 e. The molecule has 1 aliphatic rings. The molecule has 2 rings (SSSR count). The summed E-state index contributed by atoms with van der Waals surface area (Å²) in [6.07, 6.45) is 3.91. The Labute approximate surface area is 122 Å². The molecule has 0 spiro atoms. The van der Waals surface area contributed by atoms with Crippen LogP contribution in [0.3, 0.4) is 0 Å². The molecule has 0 radical (unpaired) electrons. The van der Waals surface area contributed by atoms with Gasteiger partial charge in [0.15, 0.2) is 11.5 Å². The van der Waals surface area contributed by atoms with Crippen molar-refractivity contribution < 1.29 is 9.47 Å². The first-order valence-electron chi connectivity index (χ1n) is 7.81. The van der Waals surface area contributed by atoms with Gasteiger partial charge in [0, 0.05) is 18.2 Å². The van der Waals surface area contributed by atoms with E-state index in [1.807, 2.05) is 19.1 Å². The molecule has 3 heteroatoms. The Morgan fingerprint density at radius 3 is 2.70 bits per heavy atom. The fourth-order valence-corrected chi connectivity index (χ4v) is 2.18. The minimum Gasteiger partial charge on any atom is -0.490 e. The van der Waals surface area contributed by atoms with Crippen molar-refractivity contribution in [3.05, 3.63) is 23.8 Å². The van der Waals surface area contributed by atoms with Gasteiger partial charge in [-0.1, -0.05) is 38.8 Å². The number of nitrogens with one attached hydrogen (secondary N) is 1. The molecule has 1 aromatic carbocycles. The van der Waals surface area contributed by atoms with Gasteiger partial charge >= 0.3 is 0 Å². The third-order valence-electron chi connectivity index (χ3n) is 3.53. The summed E-state index contributed by atoms with van der Waals surface area (Å²) in [5, 5.41) is 3.45. The summed E-state index contributed by atoms with van der Waals surface area (Å²) < 4.78 is 11.7. The minimum absolute atomic E-state index is 0.463. The normalized spacial score (nSPS) is 14.6. The molecule has 112 valence electrons. The molecule has 0 saturated heterocycles. The van der Waals surface area contributed by atoms with Gasteiger partial charge in [-0.05, 0) is 25.3 Å². The van der Waals surface area contributed by atoms with E-state index in [9.17, 15) is 0 Å². The Hall–Kier alpha value is -1.22. The maximum absolute atomic E-state index is 6.04. The lowest BCUT2D eigenvalue weighted by atomic mass is 10.1. The molecule has 1 aromatic rings. The molecule has 1 saturated carbocycles. The quantitative estimate of drug-likeness (QED) is 0.745. The molecule has 0 amide bonds. The van der Waals surface area contributed by atoms with Crippen molar-refractivity contribution in [1.29, 1.82) is 0 Å². The summed E-state index contributed by atoms with van der Waals surface area (Å²) >= 11 is 0. The molecule has 0 heterocycles. The first-order valence-corrected chi connectivity index (χ1v) is 7.81. The van der Waals surface area contributed by atoms with Crippen LogP contribution in [0.4, 0.5) is 0 Å². The maximum Gasteiger partial charge on any atom is 0.165 e. The number of benzene rings is 1. The highest BCUT2D eigenvalue weighted by Gasteiger charge is 2.21. The van der Waals surface area contributed by atoms with Crippen LogP contribution in [-0.2, 0) is 6.54 Å². The first kappa shape index (κ1) is 15.2. The Balaban J connectivity index is 2.03. The van der Waals surface area contributed by atoms with E-state index < -0.39 is 0 Å². The number of ether oxygens (including phenoxy) is 2. The zero-order valence-corrected chi connectivity index (χ0v) is 12.9. The summed E-state index contributed by atoms with van der Waals surface area (Å²) in [6.45, 7) is 8.59. The Kier molecular flexibility index (Phi) is 5.72. The molecule has 0 bridgehead atoms. The van der Waals surface area contributed by atoms with Crippen molar-refractivity contribution >= 4 is 0 Å². The number of rotatable bonds is 9. The third kappa shape index (κ3) is 4.71. The van der Waals surface area contributed by atoms with Gasteiger partial charge in [0.1, 0.15) is 0 Å². The lowest BCUT2D eigenvalue weighted by Crippen LogP contribution is -2.22. The van der Waals surface area contributed by atoms with Crippen LogP contribution in [0.5, 0.6) is 11.5 Å². The number of hydrogen-bond donors (Lipinski definition) is 1. The van der Waals surface area contributed by atoms with E-state index in [0.717, 1.165) is 37.0 Å². The van der Waals surface area contributed by atoms with Gasteiger partial charge in [-0.25, -0.2) is 0 Å². The van der Waals surface area contributed by atoms with Gasteiger partial charge in [-0.2, -0.15) is 0 Å². The predicted molar refractivity (Wildman–Crippen MR) is 82.4 cm³/mol. The zero-order chi connectivity index (χ0) is 14.4. The van der Waals surface area contributed by atoms with Crippen LogP contribution in [0, 0.1) is 5.92 Å². The molecular formula is C17H27NO2. The van der Waals surface area contributed by atoms with Gasteiger partial charge < -0.3 is 14.8 Å². The van der Waals surface area contributed by atoms with Crippen LogP contribution < -0.4 is 14.8 Å². The van der Waals surface area contributed by atoms with Gasteiger partial charge in [-0.3, -0.25) is 0 Å². The Bertz CT molecular complexity index is 413. The molecule has 0 aromatic heterocycles. The van der Waals surface area contributed by atoms with Crippen molar-refractivity contribution in [2.75, 3.05) is 13.2 Å². The highest BCUT2D eigenvalue weighted by atomic mass is 16.5. The highest BCUT2D eigenvalue weighted by molar-refractivity contribution is 5.46. The summed E-state index contributed by atoms with van der Waals surface area (Å²) in [5.41, 5.74) is 1.18. The van der Waals surface area contributed by atoms with Crippen LogP contribution in [-0.4, -0.2) is 19.3 Å². The van der Waals surface area contributed by atoms with Crippen LogP contribution >= 0.6 is 0 Å². The monoisotopic (exact) mass is 277 g/mol. The lowest BCUT2D eigenvalue weighted by molar-refractivity contribution is 0.265. The van der Waals surface area contributed by atoms with E-state index in [1.165, 1.54) is 18.4 Å². The van der Waals surface area contributed by atoms with E-state index in [1.54, 1.807) is 0 Å². The van der Waals surface area contributed by atoms with Crippen molar-refractivity contribution in [2.45, 2.75) is 52.6 Å². The maximum atomic E-state index is 6.04. The van der Waals surface area contributed by atoms with E-state index in [0.29, 0.717) is 12.6 Å². The lowest BCUT2D eigenvalue weighted by Gasteiger charge is -2.17. The largest absolute Gasteiger partial charge is 0.490 e. The minimum atomic E-state index is 0.463. The predicted octanol–water partition coefficient (Wildman–Crippen LogP) is 3.76. The Morgan fingerprint density at radius 1 is 1.25 bits per heavy atom. The summed E-state index contributed by atoms with van der Waals surface area (Å²) in [7, 11) is 0. The zero-order valence-electron chi connectivity index (χ0n) is 12.9. The van der Waals surface area contributed by atoms with Gasteiger partial charge in [0.05, 0.1) is 13.2 Å². The fraction of sp³-hybridized carbons (Fsp3) is 0.647. The SMILES string of the molecule is CCOc1cccc(CNC(C)C)c1OCCC1CC1. The van der Waals surface area contributed by atoms with E-state index in [4.69, 9.17) is 9.47 Å². The van der Waals surface area contributed by atoms with Crippen molar-refractivity contribution in [3.8, 4) is 11.5 Å². The first-order chi connectivity index (χ1) is 9.70. The highest BCUT2D eigenvalue weighted by Crippen LogP contribution is 2.35. The topological polar surface area (TPSA) is 30.5 Å². The van der Waals surface area contributed by atoms with Crippen molar-refractivity contribution in [3.63, 3.8) is 0 Å². The molecule has 0 aliphatic heterocycles. The van der Waals surface area contributed by atoms with Gasteiger partial charge in [0.25, 0.3) is 0 Å². The second-order valence-electron chi connectivity index (χ2n) is 5.79. The van der Waals surface area contributed by atoms with E-state index in [2.05, 4.69) is 25.2 Å². The van der Waals surface area contributed by atoms with E-state index in [-0.39, 0.29) is 0 Å². The van der Waals surface area contributed by atoms with Crippen LogP contribution in [0.15, 0.2) is 18.2 Å². The van der Waals surface area contributed by atoms with Gasteiger partial charge in [-0.15, -0.1) is 0 Å². The van der Waals surface area contributed by atoms with Crippen LogP contribution in [0.25, 0.3) is 0 Å². The van der Waals surface area contributed by atoms with Crippen molar-refractivity contribution in [2.24, 2.45) is 5.92 Å². The number of hydrogen-bond acceptors (Lipinski definition) is 3. The molecule has 0 unspecified atom stereocenters. The van der Waals surface area contributed by atoms with E-state index >= 15 is 0 Å². The summed E-state index contributed by atoms with van der Waals surface area (Å²) in [6, 6.07) is 6.61. The molecule has 0 atom stereocenters. The molecule has 1 fully saturated rings. The molecule has 1 N–H and O–H groups in total. The number of para-hydroxylation sites is 1. The summed E-state index contributed by atoms with van der Waals surface area (Å²) in [5.74, 6) is 2.68. The average Bonchev–Trinajstić information content (AvgIpc) is 3.23. The fourth-order valence-electron chi connectivity index (χ4n) is 2.18. The van der Waals surface area contributed by atoms with Crippen LogP contribution in [0.2, 0.25) is 0 Å². The second kappa shape index (κ2) is 7.53. The van der Waals surface area contributed by atoms with Crippen molar-refractivity contribution in [1.82, 2.24) is 5.32 Å². The van der Waals surface area contributed by atoms with Gasteiger partial charge in [0.2, 0.25) is 0 Å². The second-order valence-corrected chi connectivity index (χ2v) is 5.79. The third-order valence-corrected chi connectivity index (χ3v) is 3.53. The Morgan fingerprint density at radius 2 is 2.05 bits per heavy atom. The molecule has 1 aliphatic carbocycles. The standard InChI is InChI=1S/C17H27NO2/c1-4-19-16-7-5-6-15(12-18-13(2)3)17(16)20-11-10-14-8-9-14/h5-7,13-14,18H,4,8-12H2,1-3H3. The summed E-state index contributed by atoms with van der Waals surface area (Å²) in [4.78, 5) is 0.